The number of rotatable bonds is 3. The molecule has 0 atom stereocenters. The number of non-ortho nitro benzene ring substituents is 1. The number of nitrogens with one attached hydrogen (secondary N) is 1. The lowest BCUT2D eigenvalue weighted by Gasteiger charge is -2.09. The molecule has 0 aliphatic rings. The number of hydrogen-bond acceptors (Lipinski definition) is 3. The van der Waals surface area contributed by atoms with Gasteiger partial charge in [-0.25, -0.2) is 0 Å². The molecule has 0 spiro atoms. The minimum absolute atomic E-state index is 0.0256. The summed E-state index contributed by atoms with van der Waals surface area (Å²) in [6.45, 7) is 3.60. The molecule has 108 valence electrons. The zero-order chi connectivity index (χ0) is 15.6. The molecule has 0 bridgehead atoms. The van der Waals surface area contributed by atoms with Crippen molar-refractivity contribution in [2.45, 2.75) is 13.8 Å². The van der Waals surface area contributed by atoms with E-state index >= 15 is 0 Å². The normalized spacial score (nSPS) is 10.2. The molecule has 5 nitrogen and oxygen atoms in total. The van der Waals surface area contributed by atoms with Gasteiger partial charge >= 0.3 is 0 Å². The van der Waals surface area contributed by atoms with Gasteiger partial charge in [-0.1, -0.05) is 15.9 Å². The summed E-state index contributed by atoms with van der Waals surface area (Å²) < 4.78 is 0.873. The molecule has 1 N–H and O–H groups in total. The summed E-state index contributed by atoms with van der Waals surface area (Å²) in [6.07, 6.45) is 0. The maximum Gasteiger partial charge on any atom is 0.269 e. The van der Waals surface area contributed by atoms with Crippen LogP contribution in [-0.2, 0) is 0 Å². The number of aryl methyl sites for hydroxylation is 2. The summed E-state index contributed by atoms with van der Waals surface area (Å²) in [7, 11) is 0. The van der Waals surface area contributed by atoms with Gasteiger partial charge < -0.3 is 5.32 Å². The predicted octanol–water partition coefficient (Wildman–Crippen LogP) is 4.23. The second-order valence-electron chi connectivity index (χ2n) is 4.73. The van der Waals surface area contributed by atoms with Crippen LogP contribution in [0.2, 0.25) is 0 Å². The first-order chi connectivity index (χ1) is 9.86. The molecule has 21 heavy (non-hydrogen) atoms. The Labute approximate surface area is 130 Å². The Kier molecular flexibility index (Phi) is 4.37. The lowest BCUT2D eigenvalue weighted by atomic mass is 10.1. The van der Waals surface area contributed by atoms with Crippen LogP contribution in [-0.4, -0.2) is 10.8 Å². The summed E-state index contributed by atoms with van der Waals surface area (Å²) in [5.41, 5.74) is 2.64. The van der Waals surface area contributed by atoms with Gasteiger partial charge in [-0.3, -0.25) is 14.9 Å². The third kappa shape index (κ3) is 3.66. The molecule has 0 saturated carbocycles. The van der Waals surface area contributed by atoms with E-state index in [9.17, 15) is 14.9 Å². The SMILES string of the molecule is Cc1cc(Br)cc(NC(=O)c2ccc([N+](=O)[O-])cc2C)c1. The molecule has 6 heteroatoms. The third-order valence-electron chi connectivity index (χ3n) is 2.97. The smallest absolute Gasteiger partial charge is 0.269 e. The first-order valence-corrected chi connectivity index (χ1v) is 6.99. The Hall–Kier alpha value is -2.21. The summed E-state index contributed by atoms with van der Waals surface area (Å²) in [4.78, 5) is 22.5. The highest BCUT2D eigenvalue weighted by Crippen LogP contribution is 2.21. The lowest BCUT2D eigenvalue weighted by Crippen LogP contribution is -2.13. The fourth-order valence-corrected chi connectivity index (χ4v) is 2.63. The fourth-order valence-electron chi connectivity index (χ4n) is 2.02. The second-order valence-corrected chi connectivity index (χ2v) is 5.64. The van der Waals surface area contributed by atoms with E-state index in [0.717, 1.165) is 10.0 Å². The Morgan fingerprint density at radius 1 is 1.19 bits per heavy atom. The third-order valence-corrected chi connectivity index (χ3v) is 3.42. The molecule has 0 unspecified atom stereocenters. The highest BCUT2D eigenvalue weighted by Gasteiger charge is 2.14. The number of nitrogens with zero attached hydrogens (tertiary/aromatic N) is 1. The van der Waals surface area contributed by atoms with Gasteiger partial charge in [-0.15, -0.1) is 0 Å². The number of hydrogen-bond donors (Lipinski definition) is 1. The van der Waals surface area contributed by atoms with Crippen molar-refractivity contribution < 1.29 is 9.72 Å². The molecular weight excluding hydrogens is 336 g/mol. The summed E-state index contributed by atoms with van der Waals surface area (Å²) in [5.74, 6) is -0.292. The van der Waals surface area contributed by atoms with E-state index in [4.69, 9.17) is 0 Å². The number of anilines is 1. The van der Waals surface area contributed by atoms with Crippen molar-refractivity contribution in [3.05, 3.63) is 67.7 Å². The minimum atomic E-state index is -0.480. The van der Waals surface area contributed by atoms with Crippen LogP contribution >= 0.6 is 15.9 Å². The monoisotopic (exact) mass is 348 g/mol. The van der Waals surface area contributed by atoms with Gasteiger partial charge in [-0.2, -0.15) is 0 Å². The van der Waals surface area contributed by atoms with E-state index in [2.05, 4.69) is 21.2 Å². The molecule has 1 amide bonds. The van der Waals surface area contributed by atoms with Gasteiger partial charge in [0.1, 0.15) is 0 Å². The maximum atomic E-state index is 12.2. The van der Waals surface area contributed by atoms with Crippen LogP contribution in [0, 0.1) is 24.0 Å². The topological polar surface area (TPSA) is 72.2 Å². The van der Waals surface area contributed by atoms with Crippen LogP contribution in [0.15, 0.2) is 40.9 Å². The molecule has 0 aromatic heterocycles. The molecule has 0 aliphatic heterocycles. The number of nitro benzene ring substituents is 1. The van der Waals surface area contributed by atoms with Gasteiger partial charge in [0, 0.05) is 27.9 Å². The number of amides is 1. The molecule has 2 aromatic rings. The van der Waals surface area contributed by atoms with Crippen LogP contribution < -0.4 is 5.32 Å². The maximum absolute atomic E-state index is 12.2. The van der Waals surface area contributed by atoms with Crippen molar-refractivity contribution in [3.63, 3.8) is 0 Å². The van der Waals surface area contributed by atoms with Crippen molar-refractivity contribution in [1.29, 1.82) is 0 Å². The molecule has 0 fully saturated rings. The quantitative estimate of drug-likeness (QED) is 0.666. The molecule has 2 rings (SSSR count). The minimum Gasteiger partial charge on any atom is -0.322 e. The molecule has 2 aromatic carbocycles. The zero-order valence-electron chi connectivity index (χ0n) is 11.5. The summed E-state index contributed by atoms with van der Waals surface area (Å²) >= 11 is 3.37. The molecule has 0 radical (unpaired) electrons. The van der Waals surface area contributed by atoms with Gasteiger partial charge in [0.05, 0.1) is 4.92 Å². The molecular formula is C15H13BrN2O3. The van der Waals surface area contributed by atoms with Crippen molar-refractivity contribution in [3.8, 4) is 0 Å². The van der Waals surface area contributed by atoms with Gasteiger partial charge in [0.25, 0.3) is 11.6 Å². The van der Waals surface area contributed by atoms with E-state index in [1.165, 1.54) is 18.2 Å². The highest BCUT2D eigenvalue weighted by atomic mass is 79.9. The van der Waals surface area contributed by atoms with Crippen LogP contribution in [0.4, 0.5) is 11.4 Å². The van der Waals surface area contributed by atoms with Crippen LogP contribution in [0.5, 0.6) is 0 Å². The fraction of sp³-hybridized carbons (Fsp3) is 0.133. The average Bonchev–Trinajstić information content (AvgIpc) is 2.36. The van der Waals surface area contributed by atoms with E-state index in [1.807, 2.05) is 19.1 Å². The number of carbonyl (C=O) groups excluding carboxylic acids is 1. The molecule has 0 heterocycles. The molecule has 0 aliphatic carbocycles. The largest absolute Gasteiger partial charge is 0.322 e. The Bertz CT molecular complexity index is 709. The Morgan fingerprint density at radius 3 is 2.48 bits per heavy atom. The Morgan fingerprint density at radius 2 is 1.90 bits per heavy atom. The number of carbonyl (C=O) groups is 1. The van der Waals surface area contributed by atoms with Crippen molar-refractivity contribution in [1.82, 2.24) is 0 Å². The summed E-state index contributed by atoms with van der Waals surface area (Å²) in [6, 6.07) is 9.77. The van der Waals surface area contributed by atoms with Crippen LogP contribution in [0.25, 0.3) is 0 Å². The Balaban J connectivity index is 2.26. The van der Waals surface area contributed by atoms with Gasteiger partial charge in [0.15, 0.2) is 0 Å². The van der Waals surface area contributed by atoms with E-state index in [0.29, 0.717) is 16.8 Å². The number of nitro groups is 1. The molecule has 0 saturated heterocycles. The zero-order valence-corrected chi connectivity index (χ0v) is 13.1. The van der Waals surface area contributed by atoms with Crippen molar-refractivity contribution in [2.75, 3.05) is 5.32 Å². The number of benzene rings is 2. The van der Waals surface area contributed by atoms with Gasteiger partial charge in [-0.05, 0) is 49.2 Å². The number of halogens is 1. The second kappa shape index (κ2) is 6.05. The van der Waals surface area contributed by atoms with E-state index in [-0.39, 0.29) is 11.6 Å². The van der Waals surface area contributed by atoms with Gasteiger partial charge in [0.2, 0.25) is 0 Å². The van der Waals surface area contributed by atoms with Crippen LogP contribution in [0.1, 0.15) is 21.5 Å². The standard InChI is InChI=1S/C15H13BrN2O3/c1-9-5-11(16)8-12(6-9)17-15(19)14-4-3-13(18(20)21)7-10(14)2/h3-8H,1-2H3,(H,17,19). The lowest BCUT2D eigenvalue weighted by molar-refractivity contribution is -0.384. The van der Waals surface area contributed by atoms with Crippen LogP contribution in [0.3, 0.4) is 0 Å². The van der Waals surface area contributed by atoms with Crippen molar-refractivity contribution >= 4 is 33.2 Å². The van der Waals surface area contributed by atoms with E-state index in [1.54, 1.807) is 13.0 Å². The van der Waals surface area contributed by atoms with E-state index < -0.39 is 4.92 Å². The summed E-state index contributed by atoms with van der Waals surface area (Å²) in [5, 5.41) is 13.5. The van der Waals surface area contributed by atoms with Crippen molar-refractivity contribution in [2.24, 2.45) is 0 Å². The first-order valence-electron chi connectivity index (χ1n) is 6.20. The highest BCUT2D eigenvalue weighted by molar-refractivity contribution is 9.10. The first kappa shape index (κ1) is 15.2. The average molecular weight is 349 g/mol. The predicted molar refractivity (Wildman–Crippen MR) is 84.7 cm³/mol.